The molecule has 30 heavy (non-hydrogen) atoms. The van der Waals surface area contributed by atoms with Gasteiger partial charge in [-0.25, -0.2) is 5.43 Å². The van der Waals surface area contributed by atoms with Crippen molar-refractivity contribution in [3.63, 3.8) is 0 Å². The van der Waals surface area contributed by atoms with Gasteiger partial charge in [0.25, 0.3) is 5.91 Å². The second kappa shape index (κ2) is 8.87. The number of carbonyl (C=O) groups is 1. The van der Waals surface area contributed by atoms with E-state index in [1.165, 1.54) is 0 Å². The molecule has 4 rings (SSSR count). The highest BCUT2D eigenvalue weighted by Crippen LogP contribution is 2.26. The van der Waals surface area contributed by atoms with Crippen LogP contribution in [-0.4, -0.2) is 24.2 Å². The van der Waals surface area contributed by atoms with Crippen LogP contribution in [0.4, 0.5) is 0 Å². The number of para-hydroxylation sites is 2. The minimum atomic E-state index is -0.367. The summed E-state index contributed by atoms with van der Waals surface area (Å²) in [5.74, 6) is 1.42. The van der Waals surface area contributed by atoms with Gasteiger partial charge in [0.1, 0.15) is 22.8 Å². The number of benzene rings is 3. The van der Waals surface area contributed by atoms with Gasteiger partial charge in [0.05, 0.1) is 18.9 Å². The Balaban J connectivity index is 1.54. The van der Waals surface area contributed by atoms with E-state index in [9.17, 15) is 4.79 Å². The smallest absolute Gasteiger partial charge is 0.275 e. The molecular formula is C24H19N3O3. The third kappa shape index (κ3) is 4.12. The number of carbonyl (C=O) groups excluding carboxylic acids is 1. The summed E-state index contributed by atoms with van der Waals surface area (Å²) < 4.78 is 11.2. The first-order valence-corrected chi connectivity index (χ1v) is 9.33. The Kier molecular flexibility index (Phi) is 5.66. The summed E-state index contributed by atoms with van der Waals surface area (Å²) in [5, 5.41) is 5.00. The SMILES string of the molecule is COc1ccc(/C=N/NC(=O)c2ccccc2Oc2ccccc2)c2cccnc12. The number of fused-ring (bicyclic) bond motifs is 1. The molecule has 0 atom stereocenters. The Morgan fingerprint density at radius 3 is 2.57 bits per heavy atom. The van der Waals surface area contributed by atoms with Crippen molar-refractivity contribution in [2.75, 3.05) is 7.11 Å². The molecule has 6 nitrogen and oxygen atoms in total. The Bertz CT molecular complexity index is 1210. The van der Waals surface area contributed by atoms with Crippen molar-refractivity contribution < 1.29 is 14.3 Å². The van der Waals surface area contributed by atoms with Crippen molar-refractivity contribution in [3.05, 3.63) is 96.2 Å². The molecule has 0 aliphatic carbocycles. The molecule has 1 heterocycles. The van der Waals surface area contributed by atoms with Gasteiger partial charge in [-0.2, -0.15) is 5.10 Å². The average molecular weight is 397 g/mol. The van der Waals surface area contributed by atoms with Crippen LogP contribution in [-0.2, 0) is 0 Å². The molecule has 3 aromatic carbocycles. The van der Waals surface area contributed by atoms with Crippen LogP contribution in [0, 0.1) is 0 Å². The summed E-state index contributed by atoms with van der Waals surface area (Å²) in [5.41, 5.74) is 4.50. The van der Waals surface area contributed by atoms with Crippen LogP contribution >= 0.6 is 0 Å². The van der Waals surface area contributed by atoms with Gasteiger partial charge >= 0.3 is 0 Å². The van der Waals surface area contributed by atoms with Crippen LogP contribution in [0.25, 0.3) is 10.9 Å². The molecule has 0 spiro atoms. The number of amides is 1. The van der Waals surface area contributed by atoms with E-state index in [1.807, 2.05) is 60.7 Å². The average Bonchev–Trinajstić information content (AvgIpc) is 2.80. The lowest BCUT2D eigenvalue weighted by Crippen LogP contribution is -2.18. The van der Waals surface area contributed by atoms with Crippen LogP contribution < -0.4 is 14.9 Å². The summed E-state index contributed by atoms with van der Waals surface area (Å²) in [6, 6.07) is 23.8. The van der Waals surface area contributed by atoms with Crippen molar-refractivity contribution in [2.45, 2.75) is 0 Å². The molecule has 1 aromatic heterocycles. The maximum atomic E-state index is 12.7. The zero-order chi connectivity index (χ0) is 20.8. The highest BCUT2D eigenvalue weighted by molar-refractivity contribution is 6.02. The highest BCUT2D eigenvalue weighted by atomic mass is 16.5. The van der Waals surface area contributed by atoms with Crippen LogP contribution in [0.3, 0.4) is 0 Å². The van der Waals surface area contributed by atoms with Gasteiger partial charge in [0, 0.05) is 17.1 Å². The number of nitrogens with one attached hydrogen (secondary N) is 1. The zero-order valence-corrected chi connectivity index (χ0v) is 16.3. The Morgan fingerprint density at radius 2 is 1.73 bits per heavy atom. The molecule has 0 radical (unpaired) electrons. The van der Waals surface area contributed by atoms with Crippen LogP contribution in [0.5, 0.6) is 17.2 Å². The number of hydrazone groups is 1. The van der Waals surface area contributed by atoms with Crippen LogP contribution in [0.15, 0.2) is 90.2 Å². The first-order chi connectivity index (χ1) is 14.8. The molecule has 1 N–H and O–H groups in total. The third-order valence-corrected chi connectivity index (χ3v) is 4.46. The number of hydrogen-bond donors (Lipinski definition) is 1. The molecule has 0 aliphatic heterocycles. The predicted molar refractivity (Wildman–Crippen MR) is 116 cm³/mol. The molecule has 4 aromatic rings. The molecule has 6 heteroatoms. The predicted octanol–water partition coefficient (Wildman–Crippen LogP) is 4.80. The fourth-order valence-electron chi connectivity index (χ4n) is 3.03. The summed E-state index contributed by atoms with van der Waals surface area (Å²) in [7, 11) is 1.60. The van der Waals surface area contributed by atoms with Crippen molar-refractivity contribution in [3.8, 4) is 17.2 Å². The van der Waals surface area contributed by atoms with E-state index in [4.69, 9.17) is 9.47 Å². The van der Waals surface area contributed by atoms with E-state index >= 15 is 0 Å². The van der Waals surface area contributed by atoms with E-state index in [0.29, 0.717) is 22.8 Å². The molecule has 0 unspecified atom stereocenters. The van der Waals surface area contributed by atoms with Crippen molar-refractivity contribution in [2.24, 2.45) is 5.10 Å². The van der Waals surface area contributed by atoms with E-state index in [2.05, 4.69) is 15.5 Å². The van der Waals surface area contributed by atoms with Gasteiger partial charge in [-0.15, -0.1) is 0 Å². The minimum absolute atomic E-state index is 0.367. The summed E-state index contributed by atoms with van der Waals surface area (Å²) in [6.07, 6.45) is 3.29. The van der Waals surface area contributed by atoms with Crippen molar-refractivity contribution in [1.82, 2.24) is 10.4 Å². The monoisotopic (exact) mass is 397 g/mol. The number of rotatable bonds is 6. The van der Waals surface area contributed by atoms with Gasteiger partial charge in [-0.1, -0.05) is 36.4 Å². The molecule has 0 aliphatic rings. The Morgan fingerprint density at radius 1 is 0.933 bits per heavy atom. The van der Waals surface area contributed by atoms with E-state index in [1.54, 1.807) is 37.7 Å². The fourth-order valence-corrected chi connectivity index (χ4v) is 3.03. The molecule has 0 fully saturated rings. The number of pyridine rings is 1. The lowest BCUT2D eigenvalue weighted by molar-refractivity contribution is 0.0953. The third-order valence-electron chi connectivity index (χ3n) is 4.46. The van der Waals surface area contributed by atoms with Gasteiger partial charge in [-0.3, -0.25) is 9.78 Å². The van der Waals surface area contributed by atoms with Crippen molar-refractivity contribution >= 4 is 23.0 Å². The Hall–Kier alpha value is -4.19. The first kappa shape index (κ1) is 19.1. The minimum Gasteiger partial charge on any atom is -0.494 e. The number of hydrogen-bond acceptors (Lipinski definition) is 5. The van der Waals surface area contributed by atoms with Crippen LogP contribution in [0.1, 0.15) is 15.9 Å². The second-order valence-electron chi connectivity index (χ2n) is 6.37. The summed E-state index contributed by atoms with van der Waals surface area (Å²) in [6.45, 7) is 0. The number of ether oxygens (including phenoxy) is 2. The lowest BCUT2D eigenvalue weighted by Gasteiger charge is -2.10. The molecule has 0 saturated carbocycles. The maximum absolute atomic E-state index is 12.7. The van der Waals surface area contributed by atoms with Crippen LogP contribution in [0.2, 0.25) is 0 Å². The molecular weight excluding hydrogens is 378 g/mol. The molecule has 0 bridgehead atoms. The topological polar surface area (TPSA) is 72.8 Å². The van der Waals surface area contributed by atoms with Gasteiger partial charge in [0.15, 0.2) is 0 Å². The zero-order valence-electron chi connectivity index (χ0n) is 16.3. The molecule has 148 valence electrons. The maximum Gasteiger partial charge on any atom is 0.275 e. The summed E-state index contributed by atoms with van der Waals surface area (Å²) in [4.78, 5) is 17.0. The highest BCUT2D eigenvalue weighted by Gasteiger charge is 2.12. The van der Waals surface area contributed by atoms with Gasteiger partial charge in [-0.05, 0) is 42.5 Å². The van der Waals surface area contributed by atoms with Gasteiger partial charge < -0.3 is 9.47 Å². The Labute approximate surface area is 173 Å². The largest absolute Gasteiger partial charge is 0.494 e. The fraction of sp³-hybridized carbons (Fsp3) is 0.0417. The van der Waals surface area contributed by atoms with E-state index < -0.39 is 0 Å². The quantitative estimate of drug-likeness (QED) is 0.375. The number of methoxy groups -OCH3 is 1. The lowest BCUT2D eigenvalue weighted by atomic mass is 10.1. The number of aromatic nitrogens is 1. The first-order valence-electron chi connectivity index (χ1n) is 9.33. The number of nitrogens with zero attached hydrogens (tertiary/aromatic N) is 2. The standard InChI is InChI=1S/C24H19N3O3/c1-29-22-14-13-17(19-11-7-15-25-23(19)22)16-26-27-24(28)20-10-5-6-12-21(20)30-18-8-3-2-4-9-18/h2-16H,1H3,(H,27,28)/b26-16+. The molecule has 0 saturated heterocycles. The van der Waals surface area contributed by atoms with E-state index in [0.717, 1.165) is 16.5 Å². The van der Waals surface area contributed by atoms with Crippen molar-refractivity contribution in [1.29, 1.82) is 0 Å². The van der Waals surface area contributed by atoms with Gasteiger partial charge in [0.2, 0.25) is 0 Å². The second-order valence-corrected chi connectivity index (χ2v) is 6.37. The normalized spacial score (nSPS) is 10.8. The van der Waals surface area contributed by atoms with E-state index in [-0.39, 0.29) is 5.91 Å². The summed E-state index contributed by atoms with van der Waals surface area (Å²) >= 11 is 0. The molecule has 1 amide bonds.